The average molecular weight is 318 g/mol. The number of hydrogen-bond acceptors (Lipinski definition) is 3. The highest BCUT2D eigenvalue weighted by atomic mass is 16.5. The molecule has 0 saturated carbocycles. The second-order valence-electron chi connectivity index (χ2n) is 6.37. The van der Waals surface area contributed by atoms with Gasteiger partial charge in [0, 0.05) is 16.8 Å². The summed E-state index contributed by atoms with van der Waals surface area (Å²) >= 11 is 0. The predicted octanol–water partition coefficient (Wildman–Crippen LogP) is 5.17. The molecule has 1 aromatic heterocycles. The fourth-order valence-corrected chi connectivity index (χ4v) is 3.46. The summed E-state index contributed by atoms with van der Waals surface area (Å²) in [6.45, 7) is 4.82. The second kappa shape index (κ2) is 6.16. The Labute approximate surface area is 142 Å². The smallest absolute Gasteiger partial charge is 0.119 e. The molecule has 3 heteroatoms. The molecule has 0 saturated heterocycles. The van der Waals surface area contributed by atoms with Crippen molar-refractivity contribution >= 4 is 22.3 Å². The number of aromatic nitrogens is 1. The van der Waals surface area contributed by atoms with Gasteiger partial charge in [0.05, 0.1) is 17.8 Å². The predicted molar refractivity (Wildman–Crippen MR) is 99.4 cm³/mol. The van der Waals surface area contributed by atoms with E-state index >= 15 is 0 Å². The van der Waals surface area contributed by atoms with Crippen LogP contribution in [0.2, 0.25) is 0 Å². The van der Waals surface area contributed by atoms with Crippen molar-refractivity contribution in [3.05, 3.63) is 59.3 Å². The first kappa shape index (κ1) is 15.0. The van der Waals surface area contributed by atoms with E-state index in [9.17, 15) is 0 Å². The third kappa shape index (κ3) is 2.71. The molecular weight excluding hydrogens is 296 g/mol. The number of ether oxygens (including phenoxy) is 1. The van der Waals surface area contributed by atoms with Crippen molar-refractivity contribution in [2.75, 3.05) is 11.9 Å². The van der Waals surface area contributed by atoms with E-state index in [1.165, 1.54) is 34.3 Å². The summed E-state index contributed by atoms with van der Waals surface area (Å²) in [6, 6.07) is 14.7. The molecule has 0 spiro atoms. The lowest BCUT2D eigenvalue weighted by atomic mass is 10.0. The summed E-state index contributed by atoms with van der Waals surface area (Å²) in [7, 11) is 0. The van der Waals surface area contributed by atoms with Crippen molar-refractivity contribution in [3.8, 4) is 5.75 Å². The minimum absolute atomic E-state index is 0.689. The van der Waals surface area contributed by atoms with Gasteiger partial charge in [-0.1, -0.05) is 11.6 Å². The monoisotopic (exact) mass is 318 g/mol. The highest BCUT2D eigenvalue weighted by molar-refractivity contribution is 5.96. The van der Waals surface area contributed by atoms with Gasteiger partial charge in [-0.3, -0.25) is 4.98 Å². The van der Waals surface area contributed by atoms with Gasteiger partial charge >= 0.3 is 0 Å². The maximum atomic E-state index is 5.53. The van der Waals surface area contributed by atoms with Gasteiger partial charge in [0.15, 0.2) is 0 Å². The van der Waals surface area contributed by atoms with Crippen molar-refractivity contribution in [1.29, 1.82) is 0 Å². The first-order valence-corrected chi connectivity index (χ1v) is 8.66. The molecule has 1 N–H and O–H groups in total. The topological polar surface area (TPSA) is 34.1 Å². The SMILES string of the molecule is CCOc1ccc(Nc2c3c(nc4ccc(C)cc24)CCC3)cc1. The van der Waals surface area contributed by atoms with E-state index in [1.54, 1.807) is 0 Å². The van der Waals surface area contributed by atoms with E-state index in [4.69, 9.17) is 9.72 Å². The Balaban J connectivity index is 1.78. The summed E-state index contributed by atoms with van der Waals surface area (Å²) in [5.41, 5.74) is 7.27. The molecule has 0 unspecified atom stereocenters. The largest absolute Gasteiger partial charge is 0.494 e. The van der Waals surface area contributed by atoms with Crippen molar-refractivity contribution < 1.29 is 4.74 Å². The van der Waals surface area contributed by atoms with Gasteiger partial charge in [-0.25, -0.2) is 0 Å². The number of benzene rings is 2. The van der Waals surface area contributed by atoms with Crippen LogP contribution in [0.4, 0.5) is 11.4 Å². The molecule has 3 nitrogen and oxygen atoms in total. The Hall–Kier alpha value is -2.55. The van der Waals surface area contributed by atoms with Crippen LogP contribution in [0.15, 0.2) is 42.5 Å². The first-order valence-electron chi connectivity index (χ1n) is 8.66. The standard InChI is InChI=1S/C21H22N2O/c1-3-24-16-10-8-15(9-11-16)22-21-17-5-4-6-19(17)23-20-12-7-14(2)13-18(20)21/h7-13H,3-6H2,1-2H3,(H,22,23). The number of anilines is 2. The molecular formula is C21H22N2O. The molecule has 0 fully saturated rings. The van der Waals surface area contributed by atoms with Crippen molar-refractivity contribution in [2.24, 2.45) is 0 Å². The summed E-state index contributed by atoms with van der Waals surface area (Å²) in [4.78, 5) is 4.88. The molecule has 122 valence electrons. The molecule has 0 amide bonds. The van der Waals surface area contributed by atoms with Crippen LogP contribution >= 0.6 is 0 Å². The summed E-state index contributed by atoms with van der Waals surface area (Å²) in [6.07, 6.45) is 3.37. The summed E-state index contributed by atoms with van der Waals surface area (Å²) < 4.78 is 5.53. The van der Waals surface area contributed by atoms with E-state index < -0.39 is 0 Å². The first-order chi connectivity index (χ1) is 11.7. The molecule has 1 aliphatic carbocycles. The molecule has 1 aliphatic rings. The van der Waals surface area contributed by atoms with E-state index in [0.29, 0.717) is 6.61 Å². The Kier molecular flexibility index (Phi) is 3.85. The number of hydrogen-bond donors (Lipinski definition) is 1. The molecule has 0 atom stereocenters. The number of aryl methyl sites for hydroxylation is 2. The van der Waals surface area contributed by atoms with Gasteiger partial charge in [0.25, 0.3) is 0 Å². The van der Waals surface area contributed by atoms with Crippen LogP contribution in [0.5, 0.6) is 5.75 Å². The zero-order valence-corrected chi connectivity index (χ0v) is 14.2. The van der Waals surface area contributed by atoms with Crippen molar-refractivity contribution in [3.63, 3.8) is 0 Å². The lowest BCUT2D eigenvalue weighted by Crippen LogP contribution is -2.00. The normalized spacial score (nSPS) is 13.1. The number of rotatable bonds is 4. The number of nitrogens with one attached hydrogen (secondary N) is 1. The van der Waals surface area contributed by atoms with E-state index in [0.717, 1.165) is 29.8 Å². The molecule has 1 heterocycles. The lowest BCUT2D eigenvalue weighted by molar-refractivity contribution is 0.340. The third-order valence-electron chi connectivity index (χ3n) is 4.60. The summed E-state index contributed by atoms with van der Waals surface area (Å²) in [5, 5.41) is 4.86. The molecule has 24 heavy (non-hydrogen) atoms. The minimum Gasteiger partial charge on any atom is -0.494 e. The molecule has 0 bridgehead atoms. The number of nitrogens with zero attached hydrogens (tertiary/aromatic N) is 1. The fraction of sp³-hybridized carbons (Fsp3) is 0.286. The van der Waals surface area contributed by atoms with Crippen LogP contribution in [0.25, 0.3) is 10.9 Å². The van der Waals surface area contributed by atoms with Crippen molar-refractivity contribution in [1.82, 2.24) is 4.98 Å². The maximum absolute atomic E-state index is 5.53. The van der Waals surface area contributed by atoms with Gasteiger partial charge in [-0.2, -0.15) is 0 Å². The van der Waals surface area contributed by atoms with Crippen LogP contribution < -0.4 is 10.1 Å². The zero-order valence-electron chi connectivity index (χ0n) is 14.2. The van der Waals surface area contributed by atoms with Crippen LogP contribution in [0.3, 0.4) is 0 Å². The van der Waals surface area contributed by atoms with Gasteiger partial charge in [0.1, 0.15) is 5.75 Å². The second-order valence-corrected chi connectivity index (χ2v) is 6.37. The number of pyridine rings is 1. The van der Waals surface area contributed by atoms with Gasteiger partial charge < -0.3 is 10.1 Å². The summed E-state index contributed by atoms with van der Waals surface area (Å²) in [5.74, 6) is 0.906. The van der Waals surface area contributed by atoms with Crippen LogP contribution in [0.1, 0.15) is 30.2 Å². The lowest BCUT2D eigenvalue weighted by Gasteiger charge is -2.15. The molecule has 0 aliphatic heterocycles. The zero-order chi connectivity index (χ0) is 16.5. The average Bonchev–Trinajstić information content (AvgIpc) is 3.05. The van der Waals surface area contributed by atoms with Crippen LogP contribution in [-0.2, 0) is 12.8 Å². The van der Waals surface area contributed by atoms with E-state index in [-0.39, 0.29) is 0 Å². The van der Waals surface area contributed by atoms with Gasteiger partial charge in [-0.05, 0) is 75.1 Å². The fourth-order valence-electron chi connectivity index (χ4n) is 3.46. The highest BCUT2D eigenvalue weighted by Crippen LogP contribution is 2.36. The number of fused-ring (bicyclic) bond motifs is 2. The quantitative estimate of drug-likeness (QED) is 0.720. The van der Waals surface area contributed by atoms with E-state index in [2.05, 4.69) is 42.6 Å². The molecule has 3 aromatic rings. The van der Waals surface area contributed by atoms with Crippen LogP contribution in [-0.4, -0.2) is 11.6 Å². The molecule has 2 aromatic carbocycles. The Morgan fingerprint density at radius 2 is 1.92 bits per heavy atom. The Morgan fingerprint density at radius 3 is 2.71 bits per heavy atom. The van der Waals surface area contributed by atoms with Gasteiger partial charge in [-0.15, -0.1) is 0 Å². The Morgan fingerprint density at radius 1 is 1.08 bits per heavy atom. The molecule has 4 rings (SSSR count). The maximum Gasteiger partial charge on any atom is 0.119 e. The van der Waals surface area contributed by atoms with E-state index in [1.807, 2.05) is 19.1 Å². The third-order valence-corrected chi connectivity index (χ3v) is 4.60. The molecule has 0 radical (unpaired) electrons. The minimum atomic E-state index is 0.689. The van der Waals surface area contributed by atoms with Crippen molar-refractivity contribution in [2.45, 2.75) is 33.1 Å². The van der Waals surface area contributed by atoms with Gasteiger partial charge in [0.2, 0.25) is 0 Å². The highest BCUT2D eigenvalue weighted by Gasteiger charge is 2.19. The Bertz CT molecular complexity index is 884. The van der Waals surface area contributed by atoms with Crippen LogP contribution in [0, 0.1) is 6.92 Å².